The Balaban J connectivity index is 1.41. The molecule has 1 unspecified atom stereocenters. The number of carbonyl (C=O) groups is 2. The van der Waals surface area contributed by atoms with E-state index in [-0.39, 0.29) is 12.5 Å². The topological polar surface area (TPSA) is 84.9 Å². The first-order valence-corrected chi connectivity index (χ1v) is 10.2. The summed E-state index contributed by atoms with van der Waals surface area (Å²) in [5.74, 6) is 2.11. The van der Waals surface area contributed by atoms with E-state index in [9.17, 15) is 14.7 Å². The van der Waals surface area contributed by atoms with Crippen LogP contribution in [0.4, 0.5) is 4.79 Å². The summed E-state index contributed by atoms with van der Waals surface area (Å²) < 4.78 is 11.0. The summed E-state index contributed by atoms with van der Waals surface area (Å²) in [5.41, 5.74) is -0.627. The molecule has 2 N–H and O–H groups in total. The van der Waals surface area contributed by atoms with E-state index >= 15 is 0 Å². The fraction of sp³-hybridized carbons (Fsp3) is 0.636. The van der Waals surface area contributed by atoms with Crippen molar-refractivity contribution in [3.63, 3.8) is 0 Å². The van der Waals surface area contributed by atoms with Gasteiger partial charge in [-0.25, -0.2) is 9.59 Å². The fourth-order valence-electron chi connectivity index (χ4n) is 5.77. The first kappa shape index (κ1) is 19.1. The highest BCUT2D eigenvalue weighted by molar-refractivity contribution is 5.84. The van der Waals surface area contributed by atoms with E-state index in [0.29, 0.717) is 17.6 Å². The van der Waals surface area contributed by atoms with Crippen molar-refractivity contribution in [2.75, 3.05) is 7.11 Å². The van der Waals surface area contributed by atoms with Gasteiger partial charge in [0, 0.05) is 6.42 Å². The summed E-state index contributed by atoms with van der Waals surface area (Å²) in [6.07, 6.45) is 5.41. The molecule has 1 aromatic rings. The predicted octanol–water partition coefficient (Wildman–Crippen LogP) is 3.63. The molecule has 4 aliphatic carbocycles. The van der Waals surface area contributed by atoms with Gasteiger partial charge in [-0.1, -0.05) is 12.1 Å². The van der Waals surface area contributed by atoms with Crippen LogP contribution in [0.1, 0.15) is 44.6 Å². The van der Waals surface area contributed by atoms with Gasteiger partial charge in [-0.05, 0) is 80.4 Å². The number of rotatable bonds is 6. The minimum atomic E-state index is -1.43. The number of carboxylic acids is 1. The molecular formula is C22H29NO5. The van der Waals surface area contributed by atoms with E-state index < -0.39 is 17.6 Å². The summed E-state index contributed by atoms with van der Waals surface area (Å²) in [6, 6.07) is 7.19. The van der Waals surface area contributed by atoms with Crippen molar-refractivity contribution in [1.29, 1.82) is 0 Å². The lowest BCUT2D eigenvalue weighted by molar-refractivity contribution is -0.144. The summed E-state index contributed by atoms with van der Waals surface area (Å²) in [5, 5.41) is 12.4. The van der Waals surface area contributed by atoms with Crippen molar-refractivity contribution in [1.82, 2.24) is 5.32 Å². The Kier molecular flexibility index (Phi) is 4.98. The molecule has 6 heteroatoms. The first-order valence-electron chi connectivity index (χ1n) is 10.2. The number of benzene rings is 1. The van der Waals surface area contributed by atoms with Gasteiger partial charge in [0.1, 0.15) is 17.4 Å². The van der Waals surface area contributed by atoms with Crippen LogP contribution in [0.15, 0.2) is 24.3 Å². The van der Waals surface area contributed by atoms with Crippen LogP contribution >= 0.6 is 0 Å². The summed E-state index contributed by atoms with van der Waals surface area (Å²) in [4.78, 5) is 24.6. The zero-order chi connectivity index (χ0) is 19.9. The Labute approximate surface area is 165 Å². The molecule has 4 fully saturated rings. The first-order chi connectivity index (χ1) is 13.4. The molecular weight excluding hydrogens is 358 g/mol. The molecule has 1 atom stereocenters. The second-order valence-electron chi connectivity index (χ2n) is 9.09. The smallest absolute Gasteiger partial charge is 0.408 e. The molecule has 5 rings (SSSR count). The van der Waals surface area contributed by atoms with Gasteiger partial charge in [0.25, 0.3) is 0 Å². The highest BCUT2D eigenvalue weighted by atomic mass is 16.6. The van der Waals surface area contributed by atoms with Crippen LogP contribution in [0.25, 0.3) is 0 Å². The normalized spacial score (nSPS) is 32.4. The summed E-state index contributed by atoms with van der Waals surface area (Å²) >= 11 is 0. The molecule has 0 spiro atoms. The lowest BCUT2D eigenvalue weighted by atomic mass is 9.55. The van der Waals surface area contributed by atoms with E-state index in [1.165, 1.54) is 13.3 Å². The predicted molar refractivity (Wildman–Crippen MR) is 103 cm³/mol. The zero-order valence-corrected chi connectivity index (χ0v) is 16.5. The van der Waals surface area contributed by atoms with Crippen molar-refractivity contribution in [2.24, 2.45) is 23.7 Å². The maximum atomic E-state index is 12.6. The molecule has 28 heavy (non-hydrogen) atoms. The van der Waals surface area contributed by atoms with Crippen LogP contribution in [0.2, 0.25) is 0 Å². The van der Waals surface area contributed by atoms with Crippen molar-refractivity contribution >= 4 is 12.1 Å². The van der Waals surface area contributed by atoms with E-state index in [2.05, 4.69) is 5.32 Å². The van der Waals surface area contributed by atoms with E-state index in [0.717, 1.165) is 43.1 Å². The summed E-state index contributed by atoms with van der Waals surface area (Å²) in [6.45, 7) is 1.53. The van der Waals surface area contributed by atoms with Crippen molar-refractivity contribution in [3.05, 3.63) is 29.8 Å². The number of hydrogen-bond donors (Lipinski definition) is 2. The Bertz CT molecular complexity index is 718. The number of nitrogens with one attached hydrogen (secondary N) is 1. The van der Waals surface area contributed by atoms with Crippen LogP contribution in [-0.4, -0.2) is 35.9 Å². The van der Waals surface area contributed by atoms with Crippen LogP contribution in [0.3, 0.4) is 0 Å². The molecule has 4 saturated carbocycles. The average Bonchev–Trinajstić information content (AvgIpc) is 2.64. The Morgan fingerprint density at radius 2 is 1.64 bits per heavy atom. The fourth-order valence-corrected chi connectivity index (χ4v) is 5.77. The number of methoxy groups -OCH3 is 1. The number of amides is 1. The molecule has 0 aliphatic heterocycles. The molecule has 4 bridgehead atoms. The maximum Gasteiger partial charge on any atom is 0.408 e. The molecule has 152 valence electrons. The third-order valence-electron chi connectivity index (χ3n) is 6.95. The van der Waals surface area contributed by atoms with Crippen LogP contribution < -0.4 is 10.1 Å². The highest BCUT2D eigenvalue weighted by Crippen LogP contribution is 2.54. The van der Waals surface area contributed by atoms with Gasteiger partial charge in [-0.3, -0.25) is 0 Å². The van der Waals surface area contributed by atoms with Crippen LogP contribution in [0, 0.1) is 23.7 Å². The zero-order valence-electron chi connectivity index (χ0n) is 16.5. The summed E-state index contributed by atoms with van der Waals surface area (Å²) in [7, 11) is 1.58. The number of ether oxygens (including phenoxy) is 2. The number of aliphatic carboxylic acids is 1. The molecule has 1 amide bonds. The molecule has 0 saturated heterocycles. The number of carbonyl (C=O) groups excluding carboxylic acids is 1. The minimum Gasteiger partial charge on any atom is -0.497 e. The third-order valence-corrected chi connectivity index (χ3v) is 6.95. The van der Waals surface area contributed by atoms with Gasteiger partial charge in [0.15, 0.2) is 0 Å². The van der Waals surface area contributed by atoms with E-state index in [1.807, 2.05) is 12.1 Å². The number of hydrogen-bond acceptors (Lipinski definition) is 4. The number of alkyl carbamates (subject to hydrolysis) is 1. The molecule has 0 radical (unpaired) electrons. The minimum absolute atomic E-state index is 0.0631. The van der Waals surface area contributed by atoms with Gasteiger partial charge in [-0.15, -0.1) is 0 Å². The molecule has 4 aliphatic rings. The largest absolute Gasteiger partial charge is 0.497 e. The second-order valence-corrected chi connectivity index (χ2v) is 9.09. The number of carboxylic acid groups (broad SMARTS) is 1. The van der Waals surface area contributed by atoms with Gasteiger partial charge in [-0.2, -0.15) is 0 Å². The molecule has 1 aromatic carbocycles. The van der Waals surface area contributed by atoms with Gasteiger partial charge >= 0.3 is 12.1 Å². The Hall–Kier alpha value is -2.24. The van der Waals surface area contributed by atoms with E-state index in [4.69, 9.17) is 9.47 Å². The van der Waals surface area contributed by atoms with Crippen molar-refractivity contribution in [3.8, 4) is 5.75 Å². The van der Waals surface area contributed by atoms with E-state index in [1.54, 1.807) is 19.2 Å². The van der Waals surface area contributed by atoms with Gasteiger partial charge < -0.3 is 19.9 Å². The maximum absolute atomic E-state index is 12.6. The Morgan fingerprint density at radius 3 is 2.14 bits per heavy atom. The lowest BCUT2D eigenvalue weighted by Gasteiger charge is -2.53. The molecule has 0 heterocycles. The van der Waals surface area contributed by atoms with Crippen LogP contribution in [0.5, 0.6) is 5.75 Å². The van der Waals surface area contributed by atoms with Crippen LogP contribution in [-0.2, 0) is 16.0 Å². The second kappa shape index (κ2) is 7.30. The molecule has 6 nitrogen and oxygen atoms in total. The SMILES string of the molecule is COc1ccc(CC(C)(NC(=O)OC2C3CC4CC(C3)CC2C4)C(=O)O)cc1. The third kappa shape index (κ3) is 3.69. The quantitative estimate of drug-likeness (QED) is 0.779. The van der Waals surface area contributed by atoms with Gasteiger partial charge in [0.2, 0.25) is 0 Å². The average molecular weight is 387 g/mol. The van der Waals surface area contributed by atoms with Gasteiger partial charge in [0.05, 0.1) is 7.11 Å². The molecule has 0 aromatic heterocycles. The van der Waals surface area contributed by atoms with Crippen molar-refractivity contribution < 1.29 is 24.2 Å². The van der Waals surface area contributed by atoms with Crippen molar-refractivity contribution in [2.45, 2.75) is 57.1 Å². The Morgan fingerprint density at radius 1 is 1.07 bits per heavy atom. The lowest BCUT2D eigenvalue weighted by Crippen LogP contribution is -2.56. The standard InChI is InChI=1S/C22H29NO5/c1-22(20(24)25,12-13-3-5-18(27-2)6-4-13)23-21(26)28-19-16-8-14-7-15(10-16)11-17(19)9-14/h3-6,14-17,19H,7-12H2,1-2H3,(H,23,26)(H,24,25). The monoisotopic (exact) mass is 387 g/mol. The highest BCUT2D eigenvalue weighted by Gasteiger charge is 2.50.